The van der Waals surface area contributed by atoms with E-state index in [0.29, 0.717) is 23.8 Å². The lowest BCUT2D eigenvalue weighted by Crippen LogP contribution is -2.11. The Hall–Kier alpha value is -1.71. The molecule has 0 aliphatic heterocycles. The summed E-state index contributed by atoms with van der Waals surface area (Å²) in [7, 11) is 0. The summed E-state index contributed by atoms with van der Waals surface area (Å²) in [5.41, 5.74) is 0.396. The fraction of sp³-hybridized carbons (Fsp3) is 0.500. The van der Waals surface area contributed by atoms with Gasteiger partial charge in [-0.2, -0.15) is 0 Å². The second kappa shape index (κ2) is 5.29. The second-order valence-corrected chi connectivity index (χ2v) is 4.89. The normalized spacial score (nSPS) is 14.6. The van der Waals surface area contributed by atoms with Crippen molar-refractivity contribution in [2.75, 3.05) is 6.61 Å². The second-order valence-electron chi connectivity index (χ2n) is 4.89. The van der Waals surface area contributed by atoms with Crippen molar-refractivity contribution in [2.24, 2.45) is 5.92 Å². The SMILES string of the molecule is CC(C)OC(=O)c1ccc(O)c(OCC2CC2)c1. The highest BCUT2D eigenvalue weighted by molar-refractivity contribution is 5.90. The average molecular weight is 250 g/mol. The molecule has 4 heteroatoms. The van der Waals surface area contributed by atoms with Crippen LogP contribution in [0, 0.1) is 5.92 Å². The van der Waals surface area contributed by atoms with Crippen LogP contribution in [0.3, 0.4) is 0 Å². The summed E-state index contributed by atoms with van der Waals surface area (Å²) >= 11 is 0. The van der Waals surface area contributed by atoms with Gasteiger partial charge in [0.05, 0.1) is 18.3 Å². The van der Waals surface area contributed by atoms with Crippen molar-refractivity contribution in [1.29, 1.82) is 0 Å². The Kier molecular flexibility index (Phi) is 3.75. The van der Waals surface area contributed by atoms with Gasteiger partial charge in [0.1, 0.15) is 0 Å². The number of carbonyl (C=O) groups is 1. The number of hydrogen-bond donors (Lipinski definition) is 1. The zero-order chi connectivity index (χ0) is 13.1. The molecule has 98 valence electrons. The number of carbonyl (C=O) groups excluding carboxylic acids is 1. The van der Waals surface area contributed by atoms with Gasteiger partial charge in [0.15, 0.2) is 11.5 Å². The van der Waals surface area contributed by atoms with Crippen LogP contribution in [-0.2, 0) is 4.74 Å². The summed E-state index contributed by atoms with van der Waals surface area (Å²) in [6, 6.07) is 4.52. The smallest absolute Gasteiger partial charge is 0.338 e. The molecule has 1 N–H and O–H groups in total. The standard InChI is InChI=1S/C14H18O4/c1-9(2)18-14(16)11-5-6-12(15)13(7-11)17-8-10-3-4-10/h5-7,9-10,15H,3-4,8H2,1-2H3. The van der Waals surface area contributed by atoms with Crippen molar-refractivity contribution < 1.29 is 19.4 Å². The van der Waals surface area contributed by atoms with Gasteiger partial charge in [-0.05, 0) is 50.8 Å². The Morgan fingerprint density at radius 3 is 2.78 bits per heavy atom. The number of phenols is 1. The molecular formula is C14H18O4. The van der Waals surface area contributed by atoms with E-state index in [-0.39, 0.29) is 11.9 Å². The number of phenolic OH excluding ortho intramolecular Hbond substituents is 1. The Balaban J connectivity index is 2.06. The van der Waals surface area contributed by atoms with E-state index in [2.05, 4.69) is 0 Å². The number of aromatic hydroxyl groups is 1. The number of rotatable bonds is 5. The number of hydrogen-bond acceptors (Lipinski definition) is 4. The van der Waals surface area contributed by atoms with Gasteiger partial charge in [0, 0.05) is 0 Å². The maximum atomic E-state index is 11.7. The Morgan fingerprint density at radius 1 is 1.44 bits per heavy atom. The Bertz CT molecular complexity index is 435. The van der Waals surface area contributed by atoms with Crippen LogP contribution < -0.4 is 4.74 Å². The third-order valence-electron chi connectivity index (χ3n) is 2.71. The van der Waals surface area contributed by atoms with Gasteiger partial charge in [0.2, 0.25) is 0 Å². The highest BCUT2D eigenvalue weighted by Crippen LogP contribution is 2.32. The molecule has 0 bridgehead atoms. The minimum atomic E-state index is -0.402. The topological polar surface area (TPSA) is 55.8 Å². The van der Waals surface area contributed by atoms with Gasteiger partial charge in [-0.1, -0.05) is 0 Å². The zero-order valence-corrected chi connectivity index (χ0v) is 10.7. The molecule has 0 amide bonds. The van der Waals surface area contributed by atoms with E-state index in [9.17, 15) is 9.90 Å². The van der Waals surface area contributed by atoms with Crippen molar-refractivity contribution in [1.82, 2.24) is 0 Å². The molecule has 1 aromatic carbocycles. The highest BCUT2D eigenvalue weighted by atomic mass is 16.5. The van der Waals surface area contributed by atoms with Gasteiger partial charge in [-0.15, -0.1) is 0 Å². The van der Waals surface area contributed by atoms with Gasteiger partial charge >= 0.3 is 5.97 Å². The molecule has 0 radical (unpaired) electrons. The van der Waals surface area contributed by atoms with Crippen LogP contribution in [0.1, 0.15) is 37.0 Å². The zero-order valence-electron chi connectivity index (χ0n) is 10.7. The third-order valence-corrected chi connectivity index (χ3v) is 2.71. The first-order chi connectivity index (χ1) is 8.56. The van der Waals surface area contributed by atoms with Crippen LogP contribution in [0.15, 0.2) is 18.2 Å². The predicted octanol–water partition coefficient (Wildman–Crippen LogP) is 2.75. The molecule has 0 heterocycles. The highest BCUT2D eigenvalue weighted by Gasteiger charge is 2.22. The van der Waals surface area contributed by atoms with Gasteiger partial charge in [-0.3, -0.25) is 0 Å². The van der Waals surface area contributed by atoms with E-state index < -0.39 is 5.97 Å². The molecule has 4 nitrogen and oxygen atoms in total. The first-order valence-electron chi connectivity index (χ1n) is 6.23. The Morgan fingerprint density at radius 2 is 2.17 bits per heavy atom. The lowest BCUT2D eigenvalue weighted by atomic mass is 10.2. The van der Waals surface area contributed by atoms with E-state index in [4.69, 9.17) is 9.47 Å². The van der Waals surface area contributed by atoms with E-state index in [1.54, 1.807) is 13.8 Å². The molecular weight excluding hydrogens is 232 g/mol. The first-order valence-corrected chi connectivity index (χ1v) is 6.23. The lowest BCUT2D eigenvalue weighted by molar-refractivity contribution is 0.0377. The van der Waals surface area contributed by atoms with Gasteiger partial charge in [-0.25, -0.2) is 4.79 Å². The molecule has 1 fully saturated rings. The van der Waals surface area contributed by atoms with Crippen LogP contribution in [-0.4, -0.2) is 23.8 Å². The minimum absolute atomic E-state index is 0.0525. The summed E-state index contributed by atoms with van der Waals surface area (Å²) in [5, 5.41) is 9.65. The predicted molar refractivity (Wildman–Crippen MR) is 66.9 cm³/mol. The largest absolute Gasteiger partial charge is 0.504 e. The van der Waals surface area contributed by atoms with Gasteiger partial charge in [0.25, 0.3) is 0 Å². The summed E-state index contributed by atoms with van der Waals surface area (Å²) in [6.07, 6.45) is 2.19. The van der Waals surface area contributed by atoms with Crippen LogP contribution in [0.2, 0.25) is 0 Å². The summed E-state index contributed by atoms with van der Waals surface area (Å²) in [6.45, 7) is 4.18. The number of ether oxygens (including phenoxy) is 2. The summed E-state index contributed by atoms with van der Waals surface area (Å²) < 4.78 is 10.6. The van der Waals surface area contributed by atoms with E-state index in [1.165, 1.54) is 31.0 Å². The van der Waals surface area contributed by atoms with Gasteiger partial charge < -0.3 is 14.6 Å². The quantitative estimate of drug-likeness (QED) is 0.816. The van der Waals surface area contributed by atoms with Crippen molar-refractivity contribution in [3.8, 4) is 11.5 Å². The summed E-state index contributed by atoms with van der Waals surface area (Å²) in [5.74, 6) is 0.591. The average Bonchev–Trinajstić information content (AvgIpc) is 3.10. The molecule has 2 rings (SSSR count). The van der Waals surface area contributed by atoms with E-state index in [0.717, 1.165) is 0 Å². The minimum Gasteiger partial charge on any atom is -0.504 e. The maximum Gasteiger partial charge on any atom is 0.338 e. The van der Waals surface area contributed by atoms with Crippen LogP contribution in [0.5, 0.6) is 11.5 Å². The van der Waals surface area contributed by atoms with E-state index >= 15 is 0 Å². The van der Waals surface area contributed by atoms with Crippen LogP contribution in [0.25, 0.3) is 0 Å². The molecule has 1 aliphatic rings. The van der Waals surface area contributed by atoms with Crippen molar-refractivity contribution in [3.05, 3.63) is 23.8 Å². The molecule has 18 heavy (non-hydrogen) atoms. The Labute approximate surface area is 107 Å². The molecule has 0 spiro atoms. The fourth-order valence-electron chi connectivity index (χ4n) is 1.53. The van der Waals surface area contributed by atoms with Crippen molar-refractivity contribution in [2.45, 2.75) is 32.8 Å². The molecule has 1 aliphatic carbocycles. The molecule has 1 saturated carbocycles. The first kappa shape index (κ1) is 12.7. The molecule has 0 atom stereocenters. The molecule has 0 saturated heterocycles. The summed E-state index contributed by atoms with van der Waals surface area (Å²) in [4.78, 5) is 11.7. The van der Waals surface area contributed by atoms with Crippen molar-refractivity contribution in [3.63, 3.8) is 0 Å². The number of benzene rings is 1. The maximum absolute atomic E-state index is 11.7. The van der Waals surface area contributed by atoms with Crippen LogP contribution in [0.4, 0.5) is 0 Å². The molecule has 0 unspecified atom stereocenters. The van der Waals surface area contributed by atoms with Crippen LogP contribution >= 0.6 is 0 Å². The number of esters is 1. The van der Waals surface area contributed by atoms with E-state index in [1.807, 2.05) is 0 Å². The monoisotopic (exact) mass is 250 g/mol. The molecule has 0 aromatic heterocycles. The van der Waals surface area contributed by atoms with Crippen molar-refractivity contribution >= 4 is 5.97 Å². The lowest BCUT2D eigenvalue weighted by Gasteiger charge is -2.11. The fourth-order valence-corrected chi connectivity index (χ4v) is 1.53. The third kappa shape index (κ3) is 3.39. The molecule has 1 aromatic rings.